The number of carbonyl (C=O) groups excluding carboxylic acids is 2. The van der Waals surface area contributed by atoms with Crippen LogP contribution in [0.2, 0.25) is 0 Å². The predicted octanol–water partition coefficient (Wildman–Crippen LogP) is 7.59. The van der Waals surface area contributed by atoms with E-state index in [4.69, 9.17) is 20.9 Å². The fourth-order valence-electron chi connectivity index (χ4n) is 6.48. The molecule has 0 fully saturated rings. The molecule has 0 atom stereocenters. The van der Waals surface area contributed by atoms with Gasteiger partial charge in [-0.1, -0.05) is 86.2 Å². The third-order valence-electron chi connectivity index (χ3n) is 9.11. The average molecular weight is 701 g/mol. The van der Waals surface area contributed by atoms with Gasteiger partial charge in [0.25, 0.3) is 11.8 Å². The maximum atomic E-state index is 12.8. The molecule has 4 N–H and O–H groups in total. The summed E-state index contributed by atoms with van der Waals surface area (Å²) in [7, 11) is 0. The number of benzene rings is 4. The average Bonchev–Trinajstić information content (AvgIpc) is 3.59. The molecule has 272 valence electrons. The highest BCUT2D eigenvalue weighted by molar-refractivity contribution is 6.33. The van der Waals surface area contributed by atoms with Crippen LogP contribution in [0.1, 0.15) is 61.8 Å². The summed E-state index contributed by atoms with van der Waals surface area (Å²) in [5.41, 5.74) is 19.3. The topological polar surface area (TPSA) is 111 Å². The van der Waals surface area contributed by atoms with Crippen LogP contribution in [0.5, 0.6) is 11.5 Å². The molecule has 0 bridgehead atoms. The normalized spacial score (nSPS) is 14.8. The molecule has 2 aliphatic heterocycles. The van der Waals surface area contributed by atoms with Crippen LogP contribution in [0.25, 0.3) is 11.1 Å². The molecule has 4 aromatic carbocycles. The molecule has 52 heavy (non-hydrogen) atoms. The van der Waals surface area contributed by atoms with Gasteiger partial charge in [0.2, 0.25) is 0 Å². The quantitative estimate of drug-likeness (QED) is 0.0921. The number of para-hydroxylation sites is 2. The van der Waals surface area contributed by atoms with E-state index >= 15 is 0 Å². The third-order valence-corrected chi connectivity index (χ3v) is 9.11. The molecule has 8 nitrogen and oxygen atoms in total. The SMILES string of the molecule is CCCCOc1ccc(CC/C=C2/C(=O)N(CCN)c3ccccc32)cc1.CCOc1ccc(CC/C=C2/C(=O)N(CCN)c3ccccc32)cc1. The van der Waals surface area contributed by atoms with Gasteiger partial charge in [0.05, 0.1) is 24.6 Å². The van der Waals surface area contributed by atoms with Crippen molar-refractivity contribution in [3.05, 3.63) is 131 Å². The van der Waals surface area contributed by atoms with Gasteiger partial charge in [-0.3, -0.25) is 9.59 Å². The summed E-state index contributed by atoms with van der Waals surface area (Å²) in [4.78, 5) is 29.0. The summed E-state index contributed by atoms with van der Waals surface area (Å²) < 4.78 is 11.2. The molecule has 0 unspecified atom stereocenters. The largest absolute Gasteiger partial charge is 0.494 e. The molecular formula is C44H52N4O4. The molecule has 0 saturated carbocycles. The number of fused-ring (bicyclic) bond motifs is 2. The van der Waals surface area contributed by atoms with Crippen molar-refractivity contribution in [3.63, 3.8) is 0 Å². The number of carbonyl (C=O) groups is 2. The minimum absolute atomic E-state index is 0.0540. The van der Waals surface area contributed by atoms with Gasteiger partial charge in [-0.05, 0) is 86.6 Å². The first kappa shape index (κ1) is 38.1. The highest BCUT2D eigenvalue weighted by atomic mass is 16.5. The Morgan fingerprint density at radius 1 is 0.596 bits per heavy atom. The molecule has 2 heterocycles. The standard InChI is InChI=1S/C23H28N2O2.C21H24N2O2/c1-2-3-17-27-19-13-11-18(12-14-19)7-6-9-21-20-8-4-5-10-22(20)25(16-15-24)23(21)26;1-2-25-17-12-10-16(11-13-17)6-5-8-19-18-7-3-4-9-20(18)23(15-14-22)21(19)24/h4-5,8-14H,2-3,6-7,15-17,24H2,1H3;3-4,7-13H,2,5-6,14-15,22H2,1H3/b21-9+;19-8+. The molecule has 8 heteroatoms. The second-order valence-corrected chi connectivity index (χ2v) is 12.8. The number of anilines is 2. The fourth-order valence-corrected chi connectivity index (χ4v) is 6.48. The van der Waals surface area contributed by atoms with Crippen molar-refractivity contribution in [2.45, 2.75) is 52.4 Å². The lowest BCUT2D eigenvalue weighted by atomic mass is 10.0. The van der Waals surface area contributed by atoms with E-state index in [0.717, 1.165) is 90.3 Å². The van der Waals surface area contributed by atoms with Crippen LogP contribution < -0.4 is 30.7 Å². The van der Waals surface area contributed by atoms with E-state index in [2.05, 4.69) is 37.3 Å². The molecule has 6 rings (SSSR count). The van der Waals surface area contributed by atoms with E-state index in [0.29, 0.717) is 32.8 Å². The zero-order valence-corrected chi connectivity index (χ0v) is 30.6. The molecular weight excluding hydrogens is 649 g/mol. The van der Waals surface area contributed by atoms with Crippen LogP contribution in [0.4, 0.5) is 11.4 Å². The maximum absolute atomic E-state index is 12.8. The smallest absolute Gasteiger partial charge is 0.258 e. The zero-order valence-electron chi connectivity index (χ0n) is 30.6. The molecule has 2 amide bonds. The number of nitrogens with zero attached hydrogens (tertiary/aromatic N) is 2. The van der Waals surface area contributed by atoms with E-state index < -0.39 is 0 Å². The monoisotopic (exact) mass is 700 g/mol. The van der Waals surface area contributed by atoms with Gasteiger partial charge in [-0.15, -0.1) is 0 Å². The Bertz CT molecular complexity index is 1830. The van der Waals surface area contributed by atoms with Crippen LogP contribution in [0.15, 0.2) is 109 Å². The van der Waals surface area contributed by atoms with E-state index in [1.807, 2.05) is 85.8 Å². The van der Waals surface area contributed by atoms with Gasteiger partial charge in [-0.2, -0.15) is 0 Å². The maximum Gasteiger partial charge on any atom is 0.258 e. The van der Waals surface area contributed by atoms with Gasteiger partial charge < -0.3 is 30.7 Å². The van der Waals surface area contributed by atoms with Gasteiger partial charge in [0, 0.05) is 48.5 Å². The second kappa shape index (κ2) is 19.4. The lowest BCUT2D eigenvalue weighted by molar-refractivity contribution is -0.113. The molecule has 0 aromatic heterocycles. The van der Waals surface area contributed by atoms with Gasteiger partial charge >= 0.3 is 0 Å². The number of allylic oxidation sites excluding steroid dienone is 2. The summed E-state index contributed by atoms with van der Waals surface area (Å²) in [6.07, 6.45) is 9.75. The molecule has 4 aromatic rings. The summed E-state index contributed by atoms with van der Waals surface area (Å²) in [6, 6.07) is 32.2. The van der Waals surface area contributed by atoms with E-state index in [1.165, 1.54) is 11.1 Å². The Morgan fingerprint density at radius 3 is 1.46 bits per heavy atom. The van der Waals surface area contributed by atoms with Gasteiger partial charge in [0.15, 0.2) is 0 Å². The Labute approximate surface area is 308 Å². The van der Waals surface area contributed by atoms with Crippen molar-refractivity contribution in [2.75, 3.05) is 49.2 Å². The lowest BCUT2D eigenvalue weighted by Crippen LogP contribution is -2.31. The van der Waals surface area contributed by atoms with E-state index in [9.17, 15) is 9.59 Å². The first-order chi connectivity index (χ1) is 25.5. The number of hydrogen-bond donors (Lipinski definition) is 2. The van der Waals surface area contributed by atoms with Gasteiger partial charge in [-0.25, -0.2) is 0 Å². The number of hydrogen-bond acceptors (Lipinski definition) is 6. The summed E-state index contributed by atoms with van der Waals surface area (Å²) in [5, 5.41) is 0. The van der Waals surface area contributed by atoms with Crippen molar-refractivity contribution >= 4 is 34.3 Å². The number of ether oxygens (including phenoxy) is 2. The summed E-state index contributed by atoms with van der Waals surface area (Å²) in [5.74, 6) is 1.92. The highest BCUT2D eigenvalue weighted by Crippen LogP contribution is 2.37. The van der Waals surface area contributed by atoms with Crippen molar-refractivity contribution in [1.82, 2.24) is 0 Å². The Morgan fingerprint density at radius 2 is 1.04 bits per heavy atom. The lowest BCUT2D eigenvalue weighted by Gasteiger charge is -2.15. The Balaban J connectivity index is 0.000000202. The van der Waals surface area contributed by atoms with E-state index in [-0.39, 0.29) is 11.8 Å². The minimum atomic E-state index is 0.0540. The van der Waals surface area contributed by atoms with Crippen molar-refractivity contribution in [2.24, 2.45) is 11.5 Å². The second-order valence-electron chi connectivity index (χ2n) is 12.8. The molecule has 0 spiro atoms. The van der Waals surface area contributed by atoms with Crippen LogP contribution in [0, 0.1) is 0 Å². The van der Waals surface area contributed by atoms with Crippen LogP contribution >= 0.6 is 0 Å². The van der Waals surface area contributed by atoms with Crippen molar-refractivity contribution in [3.8, 4) is 11.5 Å². The molecule has 0 aliphatic carbocycles. The molecule has 0 saturated heterocycles. The molecule has 0 radical (unpaired) electrons. The number of rotatable bonds is 16. The third kappa shape index (κ3) is 9.57. The van der Waals surface area contributed by atoms with Crippen LogP contribution in [-0.2, 0) is 22.4 Å². The van der Waals surface area contributed by atoms with Crippen molar-refractivity contribution < 1.29 is 19.1 Å². The van der Waals surface area contributed by atoms with Gasteiger partial charge in [0.1, 0.15) is 11.5 Å². The van der Waals surface area contributed by atoms with E-state index in [1.54, 1.807) is 9.80 Å². The number of unbranched alkanes of at least 4 members (excludes halogenated alkanes) is 1. The summed E-state index contributed by atoms with van der Waals surface area (Å²) in [6.45, 7) is 7.58. The minimum Gasteiger partial charge on any atom is -0.494 e. The Kier molecular flexibility index (Phi) is 14.2. The van der Waals surface area contributed by atoms with Crippen LogP contribution in [-0.4, -0.2) is 51.2 Å². The number of aryl methyl sites for hydroxylation is 2. The number of amides is 2. The Hall–Kier alpha value is -5.18. The first-order valence-electron chi connectivity index (χ1n) is 18.5. The van der Waals surface area contributed by atoms with Crippen molar-refractivity contribution in [1.29, 1.82) is 0 Å². The zero-order chi connectivity index (χ0) is 36.7. The number of nitrogens with two attached hydrogens (primary N) is 2. The highest BCUT2D eigenvalue weighted by Gasteiger charge is 2.32. The first-order valence-corrected chi connectivity index (χ1v) is 18.5. The predicted molar refractivity (Wildman–Crippen MR) is 213 cm³/mol. The molecule has 2 aliphatic rings. The summed E-state index contributed by atoms with van der Waals surface area (Å²) >= 11 is 0. The van der Waals surface area contributed by atoms with Crippen LogP contribution in [0.3, 0.4) is 0 Å². The fraction of sp³-hybridized carbons (Fsp3) is 0.318.